The van der Waals surface area contributed by atoms with Crippen molar-refractivity contribution < 1.29 is 13.2 Å². The Morgan fingerprint density at radius 3 is 2.68 bits per heavy atom. The van der Waals surface area contributed by atoms with Gasteiger partial charge in [0.15, 0.2) is 0 Å². The van der Waals surface area contributed by atoms with E-state index in [0.717, 1.165) is 50.0 Å². The Labute approximate surface area is 147 Å². The van der Waals surface area contributed by atoms with Crippen LogP contribution in [0.4, 0.5) is 0 Å². The highest BCUT2D eigenvalue weighted by Crippen LogP contribution is 2.37. The van der Waals surface area contributed by atoms with Gasteiger partial charge in [-0.05, 0) is 44.1 Å². The zero-order valence-corrected chi connectivity index (χ0v) is 15.1. The third kappa shape index (κ3) is 3.59. The fourth-order valence-corrected chi connectivity index (χ4v) is 3.83. The van der Waals surface area contributed by atoms with Crippen LogP contribution in [0, 0.1) is 5.92 Å². The number of rotatable bonds is 5. The van der Waals surface area contributed by atoms with Crippen molar-refractivity contribution in [2.75, 3.05) is 19.5 Å². The Balaban J connectivity index is 1.75. The minimum Gasteiger partial charge on any atom is -0.381 e. The van der Waals surface area contributed by atoms with Gasteiger partial charge in [0.2, 0.25) is 15.0 Å². The SMILES string of the molecule is CS(=O)(=O)c1nccc(-c2cnn(C3CCOCC3)c2CC2CC2)n1. The van der Waals surface area contributed by atoms with Crippen LogP contribution in [0.5, 0.6) is 0 Å². The van der Waals surface area contributed by atoms with E-state index in [4.69, 9.17) is 4.74 Å². The molecule has 0 radical (unpaired) electrons. The van der Waals surface area contributed by atoms with Crippen molar-refractivity contribution in [2.24, 2.45) is 5.92 Å². The molecule has 0 aromatic carbocycles. The summed E-state index contributed by atoms with van der Waals surface area (Å²) >= 11 is 0. The van der Waals surface area contributed by atoms with Gasteiger partial charge in [0, 0.05) is 36.9 Å². The molecule has 0 amide bonds. The van der Waals surface area contributed by atoms with Crippen LogP contribution < -0.4 is 0 Å². The molecular weight excluding hydrogens is 340 g/mol. The standard InChI is InChI=1S/C17H22N4O3S/c1-25(22,23)17-18-7-4-15(20-17)14-11-19-21(13-5-8-24-9-6-13)16(14)10-12-2-3-12/h4,7,11-13H,2-3,5-6,8-10H2,1H3. The minimum absolute atomic E-state index is 0.138. The maximum absolute atomic E-state index is 11.8. The monoisotopic (exact) mass is 362 g/mol. The zero-order valence-electron chi connectivity index (χ0n) is 14.3. The lowest BCUT2D eigenvalue weighted by Crippen LogP contribution is -2.22. The first-order chi connectivity index (χ1) is 12.0. The maximum Gasteiger partial charge on any atom is 0.247 e. The predicted molar refractivity (Wildman–Crippen MR) is 91.9 cm³/mol. The van der Waals surface area contributed by atoms with Gasteiger partial charge in [-0.3, -0.25) is 4.68 Å². The van der Waals surface area contributed by atoms with E-state index in [1.165, 1.54) is 19.0 Å². The van der Waals surface area contributed by atoms with Gasteiger partial charge < -0.3 is 4.74 Å². The Hall–Kier alpha value is -1.80. The average Bonchev–Trinajstić information content (AvgIpc) is 3.32. The lowest BCUT2D eigenvalue weighted by molar-refractivity contribution is 0.0654. The van der Waals surface area contributed by atoms with Crippen LogP contribution in [0.15, 0.2) is 23.6 Å². The summed E-state index contributed by atoms with van der Waals surface area (Å²) in [6.45, 7) is 1.52. The molecule has 2 aliphatic rings. The molecule has 134 valence electrons. The summed E-state index contributed by atoms with van der Waals surface area (Å²) in [7, 11) is -3.44. The summed E-state index contributed by atoms with van der Waals surface area (Å²) < 4.78 is 31.2. The van der Waals surface area contributed by atoms with Gasteiger partial charge in [-0.2, -0.15) is 5.10 Å². The van der Waals surface area contributed by atoms with Crippen molar-refractivity contribution in [3.63, 3.8) is 0 Å². The Morgan fingerprint density at radius 1 is 1.24 bits per heavy atom. The number of hydrogen-bond acceptors (Lipinski definition) is 6. The molecule has 1 saturated carbocycles. The largest absolute Gasteiger partial charge is 0.381 e. The normalized spacial score (nSPS) is 19.2. The van der Waals surface area contributed by atoms with Gasteiger partial charge >= 0.3 is 0 Å². The molecule has 2 aromatic rings. The van der Waals surface area contributed by atoms with Gasteiger partial charge in [-0.25, -0.2) is 18.4 Å². The fourth-order valence-electron chi connectivity index (χ4n) is 3.31. The van der Waals surface area contributed by atoms with E-state index in [9.17, 15) is 8.42 Å². The van der Waals surface area contributed by atoms with E-state index in [1.54, 1.807) is 6.07 Å². The first-order valence-electron chi connectivity index (χ1n) is 8.70. The van der Waals surface area contributed by atoms with Gasteiger partial charge in [-0.1, -0.05) is 0 Å². The fraction of sp³-hybridized carbons (Fsp3) is 0.588. The second-order valence-corrected chi connectivity index (χ2v) is 8.85. The molecule has 1 aliphatic heterocycles. The van der Waals surface area contributed by atoms with Crippen LogP contribution in [0.25, 0.3) is 11.3 Å². The van der Waals surface area contributed by atoms with Gasteiger partial charge in [0.1, 0.15) is 0 Å². The molecule has 0 atom stereocenters. The molecule has 3 heterocycles. The second-order valence-electron chi connectivity index (χ2n) is 6.94. The predicted octanol–water partition coefficient (Wildman–Crippen LogP) is 2.05. The summed E-state index contributed by atoms with van der Waals surface area (Å²) in [6.07, 6.45) is 9.82. The topological polar surface area (TPSA) is 87.0 Å². The van der Waals surface area contributed by atoms with E-state index in [0.29, 0.717) is 17.7 Å². The highest BCUT2D eigenvalue weighted by atomic mass is 32.2. The molecule has 0 bridgehead atoms. The second kappa shape index (κ2) is 6.49. The van der Waals surface area contributed by atoms with Crippen molar-refractivity contribution in [3.05, 3.63) is 24.2 Å². The van der Waals surface area contributed by atoms with E-state index in [2.05, 4.69) is 19.7 Å². The van der Waals surface area contributed by atoms with Crippen LogP contribution in [-0.4, -0.2) is 47.6 Å². The molecule has 8 heteroatoms. The van der Waals surface area contributed by atoms with E-state index in [1.807, 2.05) is 6.20 Å². The highest BCUT2D eigenvalue weighted by Gasteiger charge is 2.29. The van der Waals surface area contributed by atoms with Crippen LogP contribution in [0.3, 0.4) is 0 Å². The molecule has 7 nitrogen and oxygen atoms in total. The number of sulfone groups is 1. The van der Waals surface area contributed by atoms with Gasteiger partial charge in [0.25, 0.3) is 0 Å². The van der Waals surface area contributed by atoms with Crippen molar-refractivity contribution >= 4 is 9.84 Å². The summed E-state index contributed by atoms with van der Waals surface area (Å²) in [5.74, 6) is 0.699. The van der Waals surface area contributed by atoms with Crippen molar-refractivity contribution in [2.45, 2.75) is 43.3 Å². The summed E-state index contributed by atoms with van der Waals surface area (Å²) in [4.78, 5) is 8.18. The lowest BCUT2D eigenvalue weighted by Gasteiger charge is -2.24. The maximum atomic E-state index is 11.8. The number of ether oxygens (including phenoxy) is 1. The number of aromatic nitrogens is 4. The number of nitrogens with zero attached hydrogens (tertiary/aromatic N) is 4. The molecule has 4 rings (SSSR count). The molecule has 2 fully saturated rings. The molecule has 1 aliphatic carbocycles. The Bertz CT molecular complexity index is 868. The van der Waals surface area contributed by atoms with Crippen molar-refractivity contribution in [3.8, 4) is 11.3 Å². The molecule has 2 aromatic heterocycles. The molecule has 0 N–H and O–H groups in total. The average molecular weight is 362 g/mol. The van der Waals surface area contributed by atoms with E-state index < -0.39 is 9.84 Å². The molecular formula is C17H22N4O3S. The van der Waals surface area contributed by atoms with Crippen molar-refractivity contribution in [1.29, 1.82) is 0 Å². The van der Waals surface area contributed by atoms with E-state index in [-0.39, 0.29) is 5.16 Å². The highest BCUT2D eigenvalue weighted by molar-refractivity contribution is 7.90. The third-order valence-corrected chi connectivity index (χ3v) is 5.72. The molecule has 0 unspecified atom stereocenters. The first-order valence-corrected chi connectivity index (χ1v) is 10.6. The van der Waals surface area contributed by atoms with E-state index >= 15 is 0 Å². The van der Waals surface area contributed by atoms with Crippen LogP contribution in [-0.2, 0) is 21.0 Å². The molecule has 0 spiro atoms. The Morgan fingerprint density at radius 2 is 2.00 bits per heavy atom. The van der Waals surface area contributed by atoms with Crippen LogP contribution in [0.2, 0.25) is 0 Å². The van der Waals surface area contributed by atoms with Crippen LogP contribution >= 0.6 is 0 Å². The zero-order chi connectivity index (χ0) is 17.4. The third-order valence-electron chi connectivity index (χ3n) is 4.86. The molecule has 25 heavy (non-hydrogen) atoms. The summed E-state index contributed by atoms with van der Waals surface area (Å²) in [5, 5.41) is 4.50. The Kier molecular flexibility index (Phi) is 4.33. The summed E-state index contributed by atoms with van der Waals surface area (Å²) in [6, 6.07) is 2.10. The van der Waals surface area contributed by atoms with Crippen molar-refractivity contribution in [1.82, 2.24) is 19.7 Å². The minimum atomic E-state index is -3.44. The smallest absolute Gasteiger partial charge is 0.247 e. The first kappa shape index (κ1) is 16.7. The number of hydrogen-bond donors (Lipinski definition) is 0. The van der Waals surface area contributed by atoms with Crippen LogP contribution in [0.1, 0.15) is 37.4 Å². The molecule has 1 saturated heterocycles. The summed E-state index contributed by atoms with van der Waals surface area (Å²) in [5.41, 5.74) is 2.71. The lowest BCUT2D eigenvalue weighted by atomic mass is 10.1. The van der Waals surface area contributed by atoms with Gasteiger partial charge in [0.05, 0.1) is 17.9 Å². The quantitative estimate of drug-likeness (QED) is 0.757. The van der Waals surface area contributed by atoms with Gasteiger partial charge in [-0.15, -0.1) is 0 Å².